The van der Waals surface area contributed by atoms with E-state index in [0.717, 1.165) is 46.9 Å². The molecule has 0 unspecified atom stereocenters. The largest absolute Gasteiger partial charge is 0.341 e. The normalized spacial score (nSPS) is 19.0. The van der Waals surface area contributed by atoms with Crippen LogP contribution in [0, 0.1) is 0 Å². The average Bonchev–Trinajstić information content (AvgIpc) is 3.18. The fourth-order valence-corrected chi connectivity index (χ4v) is 5.58. The number of likely N-dealkylation sites (N-methyl/N-ethyl adjacent to an activating group) is 1. The number of likely N-dealkylation sites (tertiary alicyclic amines) is 1. The second kappa shape index (κ2) is 8.62. The van der Waals surface area contributed by atoms with Crippen molar-refractivity contribution >= 4 is 73.0 Å². The number of thioether (sulfide) groups is 1. The minimum Gasteiger partial charge on any atom is -0.341 e. The van der Waals surface area contributed by atoms with Crippen molar-refractivity contribution in [3.05, 3.63) is 39.3 Å². The van der Waals surface area contributed by atoms with Crippen LogP contribution < -0.4 is 0 Å². The lowest BCUT2D eigenvalue weighted by molar-refractivity contribution is -0.132. The molecule has 3 heterocycles. The van der Waals surface area contributed by atoms with Gasteiger partial charge in [0.1, 0.15) is 10.9 Å². The molecule has 2 saturated heterocycles. The number of amides is 2. The molecular formula is C21H22BrN3O2S2. The lowest BCUT2D eigenvalue weighted by Gasteiger charge is -2.27. The summed E-state index contributed by atoms with van der Waals surface area (Å²) < 4.78 is 3.54. The summed E-state index contributed by atoms with van der Waals surface area (Å²) in [7, 11) is 0. The zero-order chi connectivity index (χ0) is 20.5. The van der Waals surface area contributed by atoms with E-state index in [1.54, 1.807) is 4.90 Å². The van der Waals surface area contributed by atoms with Gasteiger partial charge in [-0.15, -0.1) is 0 Å². The van der Waals surface area contributed by atoms with Crippen LogP contribution in [0.2, 0.25) is 0 Å². The topological polar surface area (TPSA) is 45.6 Å². The Morgan fingerprint density at radius 3 is 2.72 bits per heavy atom. The van der Waals surface area contributed by atoms with E-state index in [1.807, 2.05) is 46.9 Å². The standard InChI is InChI=1S/C21H22BrN3O2S2/c1-2-25-20(27)18(29-21(25)28)10-14-12-24(17-7-6-15(22)11-16(14)17)13-19(26)23-8-4-3-5-9-23/h6-7,10-12H,2-5,8-9,13H2,1H3/b18-10-. The summed E-state index contributed by atoms with van der Waals surface area (Å²) >= 11 is 10.2. The molecule has 0 N–H and O–H groups in total. The summed E-state index contributed by atoms with van der Waals surface area (Å²) in [5, 5.41) is 1.01. The minimum atomic E-state index is -0.0530. The van der Waals surface area contributed by atoms with Crippen molar-refractivity contribution in [1.82, 2.24) is 14.4 Å². The summed E-state index contributed by atoms with van der Waals surface area (Å²) in [4.78, 5) is 29.6. The number of aromatic nitrogens is 1. The van der Waals surface area contributed by atoms with Crippen molar-refractivity contribution in [3.63, 3.8) is 0 Å². The van der Waals surface area contributed by atoms with Crippen molar-refractivity contribution < 1.29 is 9.59 Å². The first-order chi connectivity index (χ1) is 14.0. The number of rotatable bonds is 4. The van der Waals surface area contributed by atoms with Crippen LogP contribution in [0.3, 0.4) is 0 Å². The van der Waals surface area contributed by atoms with Crippen molar-refractivity contribution in [2.24, 2.45) is 0 Å². The Morgan fingerprint density at radius 2 is 2.03 bits per heavy atom. The SMILES string of the molecule is CCN1C(=O)/C(=C/c2cn(CC(=O)N3CCCCC3)c3ccc(Br)cc23)SC1=S. The number of thiocarbonyl (C=S) groups is 1. The highest BCUT2D eigenvalue weighted by molar-refractivity contribution is 9.10. The third kappa shape index (κ3) is 4.15. The number of hydrogen-bond donors (Lipinski definition) is 0. The van der Waals surface area contributed by atoms with Gasteiger partial charge in [-0.25, -0.2) is 0 Å². The molecule has 2 aliphatic heterocycles. The van der Waals surface area contributed by atoms with Crippen LogP contribution >= 0.6 is 39.9 Å². The number of carbonyl (C=O) groups is 2. The number of nitrogens with zero attached hydrogens (tertiary/aromatic N) is 3. The van der Waals surface area contributed by atoms with Crippen LogP contribution in [0.25, 0.3) is 17.0 Å². The molecule has 1 aromatic heterocycles. The van der Waals surface area contributed by atoms with E-state index in [0.29, 0.717) is 22.3 Å². The van der Waals surface area contributed by atoms with Crippen molar-refractivity contribution in [2.45, 2.75) is 32.7 Å². The van der Waals surface area contributed by atoms with Crippen LogP contribution in [0.5, 0.6) is 0 Å². The fraction of sp³-hybridized carbons (Fsp3) is 0.381. The highest BCUT2D eigenvalue weighted by Crippen LogP contribution is 2.35. The maximum atomic E-state index is 12.8. The molecule has 152 valence electrons. The van der Waals surface area contributed by atoms with Crippen LogP contribution in [-0.4, -0.2) is 50.1 Å². The van der Waals surface area contributed by atoms with E-state index in [2.05, 4.69) is 15.9 Å². The molecule has 2 amide bonds. The number of fused-ring (bicyclic) bond motifs is 1. The zero-order valence-corrected chi connectivity index (χ0v) is 19.4. The molecule has 5 nitrogen and oxygen atoms in total. The van der Waals surface area contributed by atoms with E-state index < -0.39 is 0 Å². The van der Waals surface area contributed by atoms with Crippen LogP contribution in [0.1, 0.15) is 31.7 Å². The highest BCUT2D eigenvalue weighted by Gasteiger charge is 2.31. The van der Waals surface area contributed by atoms with Gasteiger partial charge in [0.05, 0.1) is 4.91 Å². The van der Waals surface area contributed by atoms with Gasteiger partial charge in [0.2, 0.25) is 5.91 Å². The molecule has 0 atom stereocenters. The molecule has 2 fully saturated rings. The van der Waals surface area contributed by atoms with E-state index in [-0.39, 0.29) is 11.8 Å². The van der Waals surface area contributed by atoms with E-state index in [4.69, 9.17) is 12.2 Å². The molecule has 8 heteroatoms. The third-order valence-corrected chi connectivity index (χ3v) is 7.24. The van der Waals surface area contributed by atoms with Gasteiger partial charge in [-0.3, -0.25) is 14.5 Å². The maximum absolute atomic E-state index is 12.8. The predicted octanol–water partition coefficient (Wildman–Crippen LogP) is 4.64. The Morgan fingerprint density at radius 1 is 1.28 bits per heavy atom. The molecule has 0 bridgehead atoms. The first-order valence-electron chi connectivity index (χ1n) is 9.79. The summed E-state index contributed by atoms with van der Waals surface area (Å²) in [6.45, 7) is 4.48. The minimum absolute atomic E-state index is 0.0530. The highest BCUT2D eigenvalue weighted by atomic mass is 79.9. The number of benzene rings is 1. The molecular weight excluding hydrogens is 470 g/mol. The van der Waals surface area contributed by atoms with Crippen LogP contribution in [0.15, 0.2) is 33.8 Å². The first kappa shape index (κ1) is 20.6. The first-order valence-corrected chi connectivity index (χ1v) is 11.8. The molecule has 29 heavy (non-hydrogen) atoms. The number of piperidine rings is 1. The molecule has 0 spiro atoms. The van der Waals surface area contributed by atoms with Gasteiger partial charge in [0, 0.05) is 46.8 Å². The van der Waals surface area contributed by atoms with Gasteiger partial charge in [0.15, 0.2) is 0 Å². The Kier molecular flexibility index (Phi) is 6.13. The summed E-state index contributed by atoms with van der Waals surface area (Å²) in [6, 6.07) is 6.02. The Bertz CT molecular complexity index is 1020. The van der Waals surface area contributed by atoms with Gasteiger partial charge in [-0.1, -0.05) is 39.9 Å². The summed E-state index contributed by atoms with van der Waals surface area (Å²) in [5.74, 6) is 0.0937. The number of hydrogen-bond acceptors (Lipinski definition) is 4. The van der Waals surface area contributed by atoms with Gasteiger partial charge in [-0.05, 0) is 50.5 Å². The maximum Gasteiger partial charge on any atom is 0.266 e. The Hall–Kier alpha value is -1.64. The quantitative estimate of drug-likeness (QED) is 0.461. The second-order valence-electron chi connectivity index (χ2n) is 7.24. The smallest absolute Gasteiger partial charge is 0.266 e. The fourth-order valence-electron chi connectivity index (χ4n) is 3.85. The van der Waals surface area contributed by atoms with Crippen molar-refractivity contribution in [2.75, 3.05) is 19.6 Å². The third-order valence-electron chi connectivity index (χ3n) is 5.36. The van der Waals surface area contributed by atoms with Crippen molar-refractivity contribution in [3.8, 4) is 0 Å². The monoisotopic (exact) mass is 491 g/mol. The molecule has 0 saturated carbocycles. The lowest BCUT2D eigenvalue weighted by Crippen LogP contribution is -2.37. The second-order valence-corrected chi connectivity index (χ2v) is 9.83. The lowest BCUT2D eigenvalue weighted by atomic mass is 10.1. The van der Waals surface area contributed by atoms with Gasteiger partial charge >= 0.3 is 0 Å². The van der Waals surface area contributed by atoms with Crippen LogP contribution in [-0.2, 0) is 16.1 Å². The van der Waals surface area contributed by atoms with Gasteiger partial charge < -0.3 is 9.47 Å². The predicted molar refractivity (Wildman–Crippen MR) is 126 cm³/mol. The average molecular weight is 492 g/mol. The van der Waals surface area contributed by atoms with E-state index in [9.17, 15) is 9.59 Å². The molecule has 4 rings (SSSR count). The molecule has 1 aromatic carbocycles. The van der Waals surface area contributed by atoms with Gasteiger partial charge in [0.25, 0.3) is 5.91 Å². The molecule has 2 aliphatic rings. The molecule has 0 radical (unpaired) electrons. The van der Waals surface area contributed by atoms with E-state index in [1.165, 1.54) is 18.2 Å². The summed E-state index contributed by atoms with van der Waals surface area (Å²) in [6.07, 6.45) is 7.22. The van der Waals surface area contributed by atoms with Crippen LogP contribution in [0.4, 0.5) is 0 Å². The molecule has 2 aromatic rings. The Balaban J connectivity index is 1.69. The number of halogens is 1. The van der Waals surface area contributed by atoms with Crippen molar-refractivity contribution in [1.29, 1.82) is 0 Å². The van der Waals surface area contributed by atoms with E-state index >= 15 is 0 Å². The number of carbonyl (C=O) groups excluding carboxylic acids is 2. The molecule has 0 aliphatic carbocycles. The Labute approximate surface area is 188 Å². The summed E-state index contributed by atoms with van der Waals surface area (Å²) in [5.41, 5.74) is 1.90. The zero-order valence-electron chi connectivity index (χ0n) is 16.2. The van der Waals surface area contributed by atoms with Gasteiger partial charge in [-0.2, -0.15) is 0 Å².